The molecular formula is C23H15F4N3O2. The minimum atomic E-state index is -4.92. The van der Waals surface area contributed by atoms with E-state index in [0.29, 0.717) is 22.9 Å². The summed E-state index contributed by atoms with van der Waals surface area (Å²) >= 11 is 0. The summed E-state index contributed by atoms with van der Waals surface area (Å²) in [6.45, 7) is 1.54. The topological polar surface area (TPSA) is 57.1 Å². The predicted octanol–water partition coefficient (Wildman–Crippen LogP) is 4.49. The highest BCUT2D eigenvalue weighted by Crippen LogP contribution is 2.34. The number of nitrogens with zero attached hydrogens (tertiary/aromatic N) is 3. The molecule has 5 nitrogen and oxygen atoms in total. The van der Waals surface area contributed by atoms with E-state index in [1.165, 1.54) is 31.0 Å². The van der Waals surface area contributed by atoms with E-state index in [9.17, 15) is 17.6 Å². The Balaban J connectivity index is 2.01. The fraction of sp³-hybridized carbons (Fsp3) is 0.174. The van der Waals surface area contributed by atoms with Gasteiger partial charge in [0.05, 0.1) is 5.69 Å². The van der Waals surface area contributed by atoms with Crippen LogP contribution in [0.2, 0.25) is 0 Å². The van der Waals surface area contributed by atoms with Crippen LogP contribution in [0.5, 0.6) is 5.75 Å². The number of hydrogen-bond acceptors (Lipinski definition) is 5. The lowest BCUT2D eigenvalue weighted by Crippen LogP contribution is -2.31. The third-order valence-corrected chi connectivity index (χ3v) is 4.25. The lowest BCUT2D eigenvalue weighted by atomic mass is 9.91. The number of halogens is 4. The van der Waals surface area contributed by atoms with Crippen molar-refractivity contribution in [2.75, 3.05) is 6.61 Å². The molecule has 3 rings (SSSR count). The van der Waals surface area contributed by atoms with E-state index in [4.69, 9.17) is 11.2 Å². The quantitative estimate of drug-likeness (QED) is 0.417. The molecule has 1 unspecified atom stereocenters. The maximum Gasteiger partial charge on any atom is 0.573 e. The van der Waals surface area contributed by atoms with E-state index in [1.807, 2.05) is 0 Å². The summed E-state index contributed by atoms with van der Waals surface area (Å²) in [5.74, 6) is 6.57. The zero-order valence-electron chi connectivity index (χ0n) is 16.7. The van der Waals surface area contributed by atoms with Crippen molar-refractivity contribution in [1.82, 2.24) is 15.0 Å². The molecule has 0 aliphatic rings. The van der Waals surface area contributed by atoms with E-state index < -0.39 is 23.5 Å². The van der Waals surface area contributed by atoms with Crippen LogP contribution >= 0.6 is 0 Å². The molecule has 2 aromatic heterocycles. The zero-order chi connectivity index (χ0) is 23.2. The highest BCUT2D eigenvalue weighted by molar-refractivity contribution is 5.64. The van der Waals surface area contributed by atoms with E-state index >= 15 is 0 Å². The predicted molar refractivity (Wildman–Crippen MR) is 107 cm³/mol. The number of hydrogen-bond donors (Lipinski definition) is 0. The third kappa shape index (κ3) is 5.02. The average molecular weight is 441 g/mol. The van der Waals surface area contributed by atoms with E-state index in [-0.39, 0.29) is 12.2 Å². The van der Waals surface area contributed by atoms with Gasteiger partial charge in [-0.2, -0.15) is 0 Å². The van der Waals surface area contributed by atoms with Gasteiger partial charge in [0, 0.05) is 41.3 Å². The Bertz CT molecular complexity index is 1180. The molecule has 0 amide bonds. The number of terminal acetylenes is 1. The molecule has 0 saturated heterocycles. The van der Waals surface area contributed by atoms with Gasteiger partial charge < -0.3 is 9.47 Å². The summed E-state index contributed by atoms with van der Waals surface area (Å²) in [5, 5.41) is 0. The van der Waals surface area contributed by atoms with Crippen molar-refractivity contribution in [3.63, 3.8) is 0 Å². The van der Waals surface area contributed by atoms with Gasteiger partial charge in [0.15, 0.2) is 0 Å². The average Bonchev–Trinajstić information content (AvgIpc) is 2.76. The van der Waals surface area contributed by atoms with Crippen LogP contribution in [-0.2, 0) is 10.3 Å². The van der Waals surface area contributed by atoms with Gasteiger partial charge in [-0.05, 0) is 25.1 Å². The van der Waals surface area contributed by atoms with Crippen LogP contribution < -0.4 is 4.74 Å². The molecule has 0 aliphatic heterocycles. The standard InChI is InChI=1S/C23H15F4N3O2/c1-3-9-22(31-10-4-2,17-13-28-15-29-14-17)21-8-5-16(12-30-21)19-7-6-18(11-20(19)24)32-23(25,26)27/h2,5-8,11-15H,10H2,1H3. The van der Waals surface area contributed by atoms with Gasteiger partial charge in [0.2, 0.25) is 5.60 Å². The van der Waals surface area contributed by atoms with E-state index in [0.717, 1.165) is 6.07 Å². The summed E-state index contributed by atoms with van der Waals surface area (Å²) in [6.07, 6.45) is 6.18. The molecule has 162 valence electrons. The minimum Gasteiger partial charge on any atom is -0.406 e. The van der Waals surface area contributed by atoms with Crippen molar-refractivity contribution in [1.29, 1.82) is 0 Å². The molecule has 1 atom stereocenters. The highest BCUT2D eigenvalue weighted by Gasteiger charge is 2.36. The lowest BCUT2D eigenvalue weighted by molar-refractivity contribution is -0.274. The summed E-state index contributed by atoms with van der Waals surface area (Å²) in [4.78, 5) is 12.4. The molecule has 9 heteroatoms. The number of ether oxygens (including phenoxy) is 2. The molecule has 0 N–H and O–H groups in total. The molecule has 0 saturated carbocycles. The Hall–Kier alpha value is -3.95. The van der Waals surface area contributed by atoms with Crippen molar-refractivity contribution < 1.29 is 27.0 Å². The van der Waals surface area contributed by atoms with Crippen LogP contribution in [0, 0.1) is 30.0 Å². The zero-order valence-corrected chi connectivity index (χ0v) is 16.7. The molecule has 0 fully saturated rings. The van der Waals surface area contributed by atoms with Crippen molar-refractivity contribution in [3.05, 3.63) is 72.3 Å². The first-order valence-corrected chi connectivity index (χ1v) is 9.08. The van der Waals surface area contributed by atoms with Gasteiger partial charge in [-0.1, -0.05) is 17.9 Å². The molecule has 0 aliphatic carbocycles. The maximum atomic E-state index is 14.4. The number of benzene rings is 1. The van der Waals surface area contributed by atoms with Crippen LogP contribution in [0.3, 0.4) is 0 Å². The van der Waals surface area contributed by atoms with Gasteiger partial charge in [-0.3, -0.25) is 4.98 Å². The first-order chi connectivity index (χ1) is 15.3. The van der Waals surface area contributed by atoms with Crippen molar-refractivity contribution in [2.24, 2.45) is 0 Å². The summed E-state index contributed by atoms with van der Waals surface area (Å²) < 4.78 is 61.1. The maximum absolute atomic E-state index is 14.4. The number of alkyl halides is 3. The second kappa shape index (κ2) is 9.46. The Morgan fingerprint density at radius 1 is 1.06 bits per heavy atom. The fourth-order valence-electron chi connectivity index (χ4n) is 2.97. The van der Waals surface area contributed by atoms with Gasteiger partial charge in [0.25, 0.3) is 0 Å². The number of aromatic nitrogens is 3. The number of rotatable bonds is 6. The summed E-state index contributed by atoms with van der Waals surface area (Å²) in [6, 6.07) is 5.94. The first kappa shape index (κ1) is 22.7. The highest BCUT2D eigenvalue weighted by atomic mass is 19.4. The molecular weight excluding hydrogens is 426 g/mol. The Morgan fingerprint density at radius 3 is 2.38 bits per heavy atom. The van der Waals surface area contributed by atoms with Gasteiger partial charge in [0.1, 0.15) is 24.5 Å². The first-order valence-electron chi connectivity index (χ1n) is 9.08. The van der Waals surface area contributed by atoms with Crippen molar-refractivity contribution in [2.45, 2.75) is 18.9 Å². The smallest absolute Gasteiger partial charge is 0.406 e. The SMILES string of the molecule is C#CCOC(C#CC)(c1cncnc1)c1ccc(-c2ccc(OC(F)(F)F)cc2F)cn1. The third-order valence-electron chi connectivity index (χ3n) is 4.25. The lowest BCUT2D eigenvalue weighted by Gasteiger charge is -2.27. The fourth-order valence-corrected chi connectivity index (χ4v) is 2.97. The van der Waals surface area contributed by atoms with E-state index in [1.54, 1.807) is 19.1 Å². The second-order valence-electron chi connectivity index (χ2n) is 6.30. The normalized spacial score (nSPS) is 12.8. The van der Waals surface area contributed by atoms with Crippen LogP contribution in [0.1, 0.15) is 18.2 Å². The van der Waals surface area contributed by atoms with Crippen LogP contribution in [-0.4, -0.2) is 27.9 Å². The second-order valence-corrected chi connectivity index (χ2v) is 6.30. The summed E-state index contributed by atoms with van der Waals surface area (Å²) in [7, 11) is 0. The summed E-state index contributed by atoms with van der Waals surface area (Å²) in [5.41, 5.74) is -0.172. The molecule has 3 aromatic rings. The largest absolute Gasteiger partial charge is 0.573 e. The molecule has 0 bridgehead atoms. The van der Waals surface area contributed by atoms with E-state index in [2.05, 4.69) is 37.5 Å². The van der Waals surface area contributed by atoms with Gasteiger partial charge >= 0.3 is 6.36 Å². The van der Waals surface area contributed by atoms with Gasteiger partial charge in [-0.15, -0.1) is 25.5 Å². The monoisotopic (exact) mass is 441 g/mol. The molecule has 0 spiro atoms. The Kier molecular flexibility index (Phi) is 6.72. The minimum absolute atomic E-state index is 0.0401. The number of pyridine rings is 1. The Morgan fingerprint density at radius 2 is 1.81 bits per heavy atom. The van der Waals surface area contributed by atoms with Crippen molar-refractivity contribution >= 4 is 0 Å². The molecule has 1 aromatic carbocycles. The van der Waals surface area contributed by atoms with Crippen LogP contribution in [0.15, 0.2) is 55.2 Å². The van der Waals surface area contributed by atoms with Crippen LogP contribution in [0.4, 0.5) is 17.6 Å². The van der Waals surface area contributed by atoms with Gasteiger partial charge in [-0.25, -0.2) is 14.4 Å². The molecule has 32 heavy (non-hydrogen) atoms. The molecule has 2 heterocycles. The van der Waals surface area contributed by atoms with Crippen LogP contribution in [0.25, 0.3) is 11.1 Å². The Labute approximate surface area is 181 Å². The molecule has 0 radical (unpaired) electrons. The van der Waals surface area contributed by atoms with Crippen molar-refractivity contribution in [3.8, 4) is 41.1 Å².